The number of benzene rings is 1. The van der Waals surface area contributed by atoms with Crippen molar-refractivity contribution < 1.29 is 28.6 Å². The van der Waals surface area contributed by atoms with Gasteiger partial charge in [-0.2, -0.15) is 0 Å². The van der Waals surface area contributed by atoms with E-state index in [1.807, 2.05) is 22.6 Å². The Morgan fingerprint density at radius 2 is 1.74 bits per heavy atom. The number of ether oxygens (including phenoxy) is 3. The first-order valence-electron chi connectivity index (χ1n) is 5.13. The van der Waals surface area contributed by atoms with Gasteiger partial charge in [-0.1, -0.05) is 0 Å². The second-order valence-electron chi connectivity index (χ2n) is 3.44. The number of halogens is 1. The van der Waals surface area contributed by atoms with Crippen molar-refractivity contribution in [2.45, 2.75) is 13.8 Å². The summed E-state index contributed by atoms with van der Waals surface area (Å²) >= 11 is 1.82. The number of hydrogen-bond donors (Lipinski definition) is 0. The second kappa shape index (κ2) is 6.50. The maximum absolute atomic E-state index is 11.1. The Morgan fingerprint density at radius 1 is 1.16 bits per heavy atom. The van der Waals surface area contributed by atoms with E-state index in [1.54, 1.807) is 0 Å². The largest absolute Gasteiger partial charge is 0.496 e. The predicted octanol–water partition coefficient (Wildman–Crippen LogP) is 1.96. The van der Waals surface area contributed by atoms with Gasteiger partial charge in [0.1, 0.15) is 11.3 Å². The van der Waals surface area contributed by atoms with Crippen LogP contribution in [0.5, 0.6) is 17.2 Å². The van der Waals surface area contributed by atoms with Crippen LogP contribution in [0.2, 0.25) is 0 Å². The highest BCUT2D eigenvalue weighted by Gasteiger charge is 2.21. The average Bonchev–Trinajstić information content (AvgIpc) is 2.32. The van der Waals surface area contributed by atoms with Gasteiger partial charge in [0.15, 0.2) is 17.8 Å². The molecule has 19 heavy (non-hydrogen) atoms. The van der Waals surface area contributed by atoms with Gasteiger partial charge >= 0.3 is 11.9 Å². The summed E-state index contributed by atoms with van der Waals surface area (Å²) in [4.78, 5) is 33.2. The summed E-state index contributed by atoms with van der Waals surface area (Å²) in [6.07, 6.45) is 0.511. The molecular weight excluding hydrogens is 367 g/mol. The molecule has 0 atom stereocenters. The highest BCUT2D eigenvalue weighted by Crippen LogP contribution is 2.39. The third-order valence-corrected chi connectivity index (χ3v) is 3.05. The van der Waals surface area contributed by atoms with E-state index in [0.717, 1.165) is 0 Å². The third-order valence-electron chi connectivity index (χ3n) is 2.03. The fourth-order valence-corrected chi connectivity index (χ4v) is 2.02. The number of esters is 2. The molecule has 0 aromatic heterocycles. The minimum atomic E-state index is -0.594. The zero-order valence-electron chi connectivity index (χ0n) is 10.5. The van der Waals surface area contributed by atoms with Crippen molar-refractivity contribution >= 4 is 40.8 Å². The predicted molar refractivity (Wildman–Crippen MR) is 73.7 cm³/mol. The maximum atomic E-state index is 11.1. The Kier molecular flexibility index (Phi) is 5.28. The summed E-state index contributed by atoms with van der Waals surface area (Å²) in [5, 5.41) is 0. The smallest absolute Gasteiger partial charge is 0.308 e. The minimum absolute atomic E-state index is 0.0127. The molecule has 0 heterocycles. The van der Waals surface area contributed by atoms with E-state index in [-0.39, 0.29) is 22.8 Å². The van der Waals surface area contributed by atoms with Crippen molar-refractivity contribution in [2.24, 2.45) is 0 Å². The number of carbonyl (C=O) groups is 3. The van der Waals surface area contributed by atoms with Gasteiger partial charge in [0, 0.05) is 19.9 Å². The molecule has 6 nitrogen and oxygen atoms in total. The molecule has 0 aliphatic carbocycles. The Morgan fingerprint density at radius 3 is 2.16 bits per heavy atom. The maximum Gasteiger partial charge on any atom is 0.308 e. The van der Waals surface area contributed by atoms with Gasteiger partial charge in [-0.3, -0.25) is 14.4 Å². The van der Waals surface area contributed by atoms with Crippen LogP contribution < -0.4 is 14.2 Å². The number of rotatable bonds is 4. The van der Waals surface area contributed by atoms with E-state index >= 15 is 0 Å². The van der Waals surface area contributed by atoms with Crippen molar-refractivity contribution in [3.63, 3.8) is 0 Å². The number of hydrogen-bond acceptors (Lipinski definition) is 6. The van der Waals surface area contributed by atoms with Crippen molar-refractivity contribution in [3.8, 4) is 17.2 Å². The van der Waals surface area contributed by atoms with Gasteiger partial charge in [-0.15, -0.1) is 0 Å². The lowest BCUT2D eigenvalue weighted by Crippen LogP contribution is -2.10. The van der Waals surface area contributed by atoms with Gasteiger partial charge in [-0.05, 0) is 22.6 Å². The molecule has 0 amide bonds. The van der Waals surface area contributed by atoms with Crippen LogP contribution in [0, 0.1) is 3.57 Å². The van der Waals surface area contributed by atoms with Crippen LogP contribution in [0.25, 0.3) is 0 Å². The monoisotopic (exact) mass is 378 g/mol. The fourth-order valence-electron chi connectivity index (χ4n) is 1.36. The zero-order valence-corrected chi connectivity index (χ0v) is 12.6. The van der Waals surface area contributed by atoms with E-state index in [2.05, 4.69) is 0 Å². The lowest BCUT2D eigenvalue weighted by Gasteiger charge is -2.14. The summed E-state index contributed by atoms with van der Waals surface area (Å²) in [7, 11) is 1.35. The van der Waals surface area contributed by atoms with E-state index in [9.17, 15) is 14.4 Å². The molecule has 0 bridgehead atoms. The van der Waals surface area contributed by atoms with Crippen molar-refractivity contribution in [1.82, 2.24) is 0 Å². The van der Waals surface area contributed by atoms with Gasteiger partial charge < -0.3 is 14.2 Å². The van der Waals surface area contributed by atoms with Crippen molar-refractivity contribution in [3.05, 3.63) is 15.2 Å². The first-order chi connectivity index (χ1) is 8.90. The highest BCUT2D eigenvalue weighted by atomic mass is 127. The first kappa shape index (κ1) is 15.4. The molecule has 0 saturated carbocycles. The Hall–Kier alpha value is -1.64. The summed E-state index contributed by atoms with van der Waals surface area (Å²) in [6, 6.07) is 1.39. The van der Waals surface area contributed by atoms with Crippen molar-refractivity contribution in [1.29, 1.82) is 0 Å². The van der Waals surface area contributed by atoms with E-state index in [0.29, 0.717) is 9.86 Å². The van der Waals surface area contributed by atoms with Crippen LogP contribution in [0.3, 0.4) is 0 Å². The molecule has 1 rings (SSSR count). The van der Waals surface area contributed by atoms with E-state index in [1.165, 1.54) is 27.0 Å². The van der Waals surface area contributed by atoms with E-state index < -0.39 is 11.9 Å². The lowest BCUT2D eigenvalue weighted by molar-refractivity contribution is -0.132. The standard InChI is InChI=1S/C12H11IO6/c1-6(15)18-10-4-9(17-3)8(5-14)12(11(10)13)19-7(2)16/h4-5H,1-3H3. The second-order valence-corrected chi connectivity index (χ2v) is 4.52. The topological polar surface area (TPSA) is 78.9 Å². The van der Waals surface area contributed by atoms with Crippen molar-refractivity contribution in [2.75, 3.05) is 7.11 Å². The number of aldehydes is 1. The molecule has 0 unspecified atom stereocenters. The normalized spacial score (nSPS) is 9.68. The molecular formula is C12H11IO6. The molecule has 0 aliphatic rings. The SMILES string of the molecule is COc1cc(OC(C)=O)c(I)c(OC(C)=O)c1C=O. The van der Waals surface area contributed by atoms with E-state index in [4.69, 9.17) is 14.2 Å². The van der Waals surface area contributed by atoms with Crippen LogP contribution in [-0.4, -0.2) is 25.3 Å². The van der Waals surface area contributed by atoms with Crippen LogP contribution in [-0.2, 0) is 9.59 Å². The molecule has 0 aliphatic heterocycles. The van der Waals surface area contributed by atoms with Crippen LogP contribution in [0.4, 0.5) is 0 Å². The molecule has 102 valence electrons. The fraction of sp³-hybridized carbons (Fsp3) is 0.250. The quantitative estimate of drug-likeness (QED) is 0.345. The number of carbonyl (C=O) groups excluding carboxylic acids is 3. The molecule has 1 aromatic rings. The van der Waals surface area contributed by atoms with Gasteiger partial charge in [0.05, 0.1) is 10.7 Å². The minimum Gasteiger partial charge on any atom is -0.496 e. The average molecular weight is 378 g/mol. The Labute approximate surface area is 123 Å². The lowest BCUT2D eigenvalue weighted by atomic mass is 10.2. The molecule has 7 heteroatoms. The van der Waals surface area contributed by atoms with Gasteiger partial charge in [-0.25, -0.2) is 0 Å². The van der Waals surface area contributed by atoms with Gasteiger partial charge in [0.2, 0.25) is 0 Å². The number of methoxy groups -OCH3 is 1. The molecule has 0 N–H and O–H groups in total. The third kappa shape index (κ3) is 3.66. The van der Waals surface area contributed by atoms with Crippen LogP contribution in [0.15, 0.2) is 6.07 Å². The first-order valence-corrected chi connectivity index (χ1v) is 6.21. The molecule has 0 radical (unpaired) electrons. The molecule has 0 fully saturated rings. The van der Waals surface area contributed by atoms with Crippen LogP contribution >= 0.6 is 22.6 Å². The summed E-state index contributed by atoms with van der Waals surface area (Å²) in [5.41, 5.74) is 0.0815. The Balaban J connectivity index is 3.49. The summed E-state index contributed by atoms with van der Waals surface area (Å²) in [6.45, 7) is 2.44. The van der Waals surface area contributed by atoms with Crippen LogP contribution in [0.1, 0.15) is 24.2 Å². The Bertz CT molecular complexity index is 538. The zero-order chi connectivity index (χ0) is 14.6. The molecule has 0 saturated heterocycles. The molecule has 1 aromatic carbocycles. The van der Waals surface area contributed by atoms with Gasteiger partial charge in [0.25, 0.3) is 0 Å². The molecule has 0 spiro atoms. The highest BCUT2D eigenvalue weighted by molar-refractivity contribution is 14.1. The summed E-state index contributed by atoms with van der Waals surface area (Å²) in [5.74, 6) is -0.802. The summed E-state index contributed by atoms with van der Waals surface area (Å²) < 4.78 is 15.3.